The highest BCUT2D eigenvalue weighted by molar-refractivity contribution is 5.48. The first-order valence-corrected chi connectivity index (χ1v) is 11.4. The fraction of sp³-hybridized carbons (Fsp3) is 0.520. The Balaban J connectivity index is 1.52. The van der Waals surface area contributed by atoms with E-state index in [1.54, 1.807) is 4.90 Å². The van der Waals surface area contributed by atoms with Gasteiger partial charge in [-0.2, -0.15) is 0 Å². The average molecular weight is 413 g/mol. The lowest BCUT2D eigenvalue weighted by molar-refractivity contribution is -0.929. The van der Waals surface area contributed by atoms with Crippen molar-refractivity contribution in [2.45, 2.75) is 45.9 Å². The molecule has 0 radical (unpaired) electrons. The molecule has 2 aromatic carbocycles. The molecule has 0 unspecified atom stereocenters. The first-order valence-electron chi connectivity index (χ1n) is 11.4. The van der Waals surface area contributed by atoms with Gasteiger partial charge in [0.1, 0.15) is 43.8 Å². The third-order valence-corrected chi connectivity index (χ3v) is 6.22. The second kappa shape index (κ2) is 9.82. The number of rotatable bonds is 8. The molecular formula is C25H36N2O3+2. The number of nitrogens with two attached hydrogens (primary N) is 1. The van der Waals surface area contributed by atoms with Crippen LogP contribution in [0.4, 0.5) is 0 Å². The molecule has 2 aliphatic heterocycles. The largest absolute Gasteiger partial charge is 0.493 e. The van der Waals surface area contributed by atoms with E-state index >= 15 is 0 Å². The quantitative estimate of drug-likeness (QED) is 0.690. The fourth-order valence-electron chi connectivity index (χ4n) is 4.53. The van der Waals surface area contributed by atoms with Gasteiger partial charge in [-0.05, 0) is 32.9 Å². The minimum Gasteiger partial charge on any atom is -0.493 e. The minimum absolute atomic E-state index is 0.249. The minimum atomic E-state index is 0.249. The van der Waals surface area contributed by atoms with Crippen LogP contribution in [-0.4, -0.2) is 45.6 Å². The zero-order valence-corrected chi connectivity index (χ0v) is 18.6. The third kappa shape index (κ3) is 5.15. The van der Waals surface area contributed by atoms with Gasteiger partial charge >= 0.3 is 0 Å². The summed E-state index contributed by atoms with van der Waals surface area (Å²) in [6, 6.07) is 13.8. The number of quaternary nitrogens is 2. The number of ether oxygens (including phenoxy) is 3. The van der Waals surface area contributed by atoms with E-state index in [-0.39, 0.29) is 6.10 Å². The first-order chi connectivity index (χ1) is 14.6. The third-order valence-electron chi connectivity index (χ3n) is 6.22. The summed E-state index contributed by atoms with van der Waals surface area (Å²) in [5.41, 5.74) is 5.18. The second-order valence-electron chi connectivity index (χ2n) is 8.66. The predicted molar refractivity (Wildman–Crippen MR) is 117 cm³/mol. The lowest BCUT2D eigenvalue weighted by Crippen LogP contribution is -3.16. The van der Waals surface area contributed by atoms with Crippen molar-refractivity contribution in [1.82, 2.24) is 0 Å². The van der Waals surface area contributed by atoms with Crippen LogP contribution in [0.2, 0.25) is 0 Å². The molecule has 2 aromatic rings. The van der Waals surface area contributed by atoms with Crippen LogP contribution in [0, 0.1) is 6.92 Å². The highest BCUT2D eigenvalue weighted by atomic mass is 16.5. The second-order valence-corrected chi connectivity index (χ2v) is 8.66. The lowest BCUT2D eigenvalue weighted by atomic mass is 10.0. The molecule has 2 atom stereocenters. The molecule has 30 heavy (non-hydrogen) atoms. The Kier molecular flexibility index (Phi) is 6.93. The summed E-state index contributed by atoms with van der Waals surface area (Å²) in [6.07, 6.45) is 1.21. The molecule has 0 bridgehead atoms. The zero-order chi connectivity index (χ0) is 20.9. The van der Waals surface area contributed by atoms with Crippen molar-refractivity contribution < 1.29 is 24.4 Å². The van der Waals surface area contributed by atoms with Gasteiger partial charge in [0, 0.05) is 17.5 Å². The standard InChI is InChI=1S/C25H34N2O3/c1-4-29-24-14-21-13-19(3)30-25(21)15-22(24)16-26-23(17-27-9-11-28-12-10-27)20-7-5-18(2)6-8-20/h5-8,14-15,19,23,26H,4,9-13,16-17H2,1-3H3/p+2/t19-,23+/m1/s1. The zero-order valence-electron chi connectivity index (χ0n) is 18.6. The highest BCUT2D eigenvalue weighted by Gasteiger charge is 2.26. The van der Waals surface area contributed by atoms with Crippen LogP contribution in [0.25, 0.3) is 0 Å². The summed E-state index contributed by atoms with van der Waals surface area (Å²) in [7, 11) is 0. The molecule has 1 fully saturated rings. The van der Waals surface area contributed by atoms with Crippen molar-refractivity contribution in [2.24, 2.45) is 0 Å². The Morgan fingerprint density at radius 2 is 1.93 bits per heavy atom. The van der Waals surface area contributed by atoms with E-state index in [0.717, 1.165) is 57.3 Å². The van der Waals surface area contributed by atoms with Crippen LogP contribution < -0.4 is 19.7 Å². The molecule has 4 rings (SSSR count). The maximum absolute atomic E-state index is 6.02. The Bertz CT molecular complexity index is 831. The molecule has 1 saturated heterocycles. The number of morpholine rings is 1. The summed E-state index contributed by atoms with van der Waals surface area (Å²) in [4.78, 5) is 1.62. The highest BCUT2D eigenvalue weighted by Crippen LogP contribution is 2.34. The molecule has 5 heteroatoms. The van der Waals surface area contributed by atoms with Crippen LogP contribution in [-0.2, 0) is 17.7 Å². The summed E-state index contributed by atoms with van der Waals surface area (Å²) >= 11 is 0. The molecule has 5 nitrogen and oxygen atoms in total. The van der Waals surface area contributed by atoms with Crippen molar-refractivity contribution in [3.63, 3.8) is 0 Å². The van der Waals surface area contributed by atoms with Gasteiger partial charge in [0.25, 0.3) is 0 Å². The predicted octanol–water partition coefficient (Wildman–Crippen LogP) is 1.44. The van der Waals surface area contributed by atoms with E-state index in [0.29, 0.717) is 12.6 Å². The van der Waals surface area contributed by atoms with E-state index < -0.39 is 0 Å². The van der Waals surface area contributed by atoms with E-state index in [2.05, 4.69) is 62.5 Å². The van der Waals surface area contributed by atoms with Gasteiger partial charge < -0.3 is 24.4 Å². The van der Waals surface area contributed by atoms with Gasteiger partial charge in [-0.1, -0.05) is 29.8 Å². The average Bonchev–Trinajstić information content (AvgIpc) is 3.11. The number of fused-ring (bicyclic) bond motifs is 1. The van der Waals surface area contributed by atoms with E-state index in [1.165, 1.54) is 22.3 Å². The SMILES string of the molecule is CCOc1cc2c(cc1C[NH2+][C@@H](C[NH+]1CCOCC1)c1ccc(C)cc1)O[C@H](C)C2. The molecule has 0 spiro atoms. The lowest BCUT2D eigenvalue weighted by Gasteiger charge is -2.27. The molecular weight excluding hydrogens is 376 g/mol. The van der Waals surface area contributed by atoms with Gasteiger partial charge in [-0.25, -0.2) is 0 Å². The van der Waals surface area contributed by atoms with Crippen molar-refractivity contribution in [2.75, 3.05) is 39.5 Å². The molecule has 162 valence electrons. The fourth-order valence-corrected chi connectivity index (χ4v) is 4.53. The maximum atomic E-state index is 6.02. The maximum Gasteiger partial charge on any atom is 0.161 e. The van der Waals surface area contributed by atoms with Crippen LogP contribution in [0.1, 0.15) is 42.1 Å². The van der Waals surface area contributed by atoms with E-state index in [9.17, 15) is 0 Å². The molecule has 2 heterocycles. The Labute approximate surface area is 180 Å². The number of hydrogen-bond acceptors (Lipinski definition) is 3. The van der Waals surface area contributed by atoms with Gasteiger partial charge in [0.15, 0.2) is 6.04 Å². The summed E-state index contributed by atoms with van der Waals surface area (Å²) < 4.78 is 17.6. The van der Waals surface area contributed by atoms with Gasteiger partial charge in [-0.3, -0.25) is 0 Å². The van der Waals surface area contributed by atoms with Gasteiger partial charge in [-0.15, -0.1) is 0 Å². The van der Waals surface area contributed by atoms with Crippen molar-refractivity contribution in [3.8, 4) is 11.5 Å². The molecule has 2 aliphatic rings. The number of benzene rings is 2. The molecule has 0 saturated carbocycles. The number of hydrogen-bond donors (Lipinski definition) is 2. The van der Waals surface area contributed by atoms with Crippen LogP contribution >= 0.6 is 0 Å². The Morgan fingerprint density at radius 1 is 1.17 bits per heavy atom. The van der Waals surface area contributed by atoms with E-state index in [1.807, 2.05) is 0 Å². The Morgan fingerprint density at radius 3 is 2.67 bits per heavy atom. The summed E-state index contributed by atoms with van der Waals surface area (Å²) in [6.45, 7) is 12.9. The van der Waals surface area contributed by atoms with E-state index in [4.69, 9.17) is 14.2 Å². The molecule has 0 aliphatic carbocycles. The number of aryl methyl sites for hydroxylation is 1. The Hall–Kier alpha value is -2.08. The summed E-state index contributed by atoms with van der Waals surface area (Å²) in [5, 5.41) is 2.47. The number of nitrogens with one attached hydrogen (secondary N) is 1. The first kappa shape index (κ1) is 21.2. The molecule has 3 N–H and O–H groups in total. The summed E-state index contributed by atoms with van der Waals surface area (Å²) in [5.74, 6) is 2.03. The van der Waals surface area contributed by atoms with Crippen LogP contribution in [0.15, 0.2) is 36.4 Å². The molecule has 0 amide bonds. The normalized spacial score (nSPS) is 19.9. The van der Waals surface area contributed by atoms with Crippen molar-refractivity contribution in [1.29, 1.82) is 0 Å². The van der Waals surface area contributed by atoms with Crippen molar-refractivity contribution >= 4 is 0 Å². The van der Waals surface area contributed by atoms with Gasteiger partial charge in [0.2, 0.25) is 0 Å². The molecule has 0 aromatic heterocycles. The topological polar surface area (TPSA) is 48.7 Å². The van der Waals surface area contributed by atoms with Crippen LogP contribution in [0.5, 0.6) is 11.5 Å². The smallest absolute Gasteiger partial charge is 0.161 e. The van der Waals surface area contributed by atoms with Gasteiger partial charge in [0.05, 0.1) is 25.4 Å². The van der Waals surface area contributed by atoms with Crippen LogP contribution in [0.3, 0.4) is 0 Å². The monoisotopic (exact) mass is 412 g/mol. The van der Waals surface area contributed by atoms with Crippen molar-refractivity contribution in [3.05, 3.63) is 58.7 Å².